The maximum atomic E-state index is 13.4. The number of rotatable bonds is 5. The maximum absolute atomic E-state index is 13.4. The van der Waals surface area contributed by atoms with Crippen LogP contribution in [0, 0.1) is 6.92 Å². The van der Waals surface area contributed by atoms with E-state index >= 15 is 0 Å². The second-order valence-electron chi connectivity index (χ2n) is 7.63. The minimum atomic E-state index is -4.84. The number of carbonyl (C=O) groups excluding carboxylic acids is 1. The molecule has 184 valence electrons. The molecule has 0 spiro atoms. The van der Waals surface area contributed by atoms with Gasteiger partial charge in [-0.3, -0.25) is 9.10 Å². The zero-order valence-electron chi connectivity index (χ0n) is 18.0. The number of benzene rings is 3. The number of fused-ring (bicyclic) bond motifs is 1. The van der Waals surface area contributed by atoms with E-state index < -0.39 is 34.1 Å². The van der Waals surface area contributed by atoms with Crippen LogP contribution in [-0.4, -0.2) is 33.3 Å². The summed E-state index contributed by atoms with van der Waals surface area (Å²) in [7, 11) is -4.08. The van der Waals surface area contributed by atoms with Crippen molar-refractivity contribution in [2.24, 2.45) is 0 Å². The molecule has 1 aliphatic rings. The van der Waals surface area contributed by atoms with Gasteiger partial charge in [0.25, 0.3) is 15.9 Å². The molecule has 7 nitrogen and oxygen atoms in total. The van der Waals surface area contributed by atoms with Gasteiger partial charge in [-0.2, -0.15) is 0 Å². The lowest BCUT2D eigenvalue weighted by Gasteiger charge is -2.35. The number of anilines is 2. The van der Waals surface area contributed by atoms with Crippen LogP contribution in [0.4, 0.5) is 24.5 Å². The van der Waals surface area contributed by atoms with Crippen LogP contribution in [0.1, 0.15) is 5.56 Å². The number of ether oxygens (including phenoxy) is 2. The molecule has 3 aromatic rings. The second kappa shape index (κ2) is 9.31. The van der Waals surface area contributed by atoms with Gasteiger partial charge in [0, 0.05) is 10.7 Å². The Balaban J connectivity index is 1.59. The largest absolute Gasteiger partial charge is 0.573 e. The number of nitrogens with zero attached hydrogens (tertiary/aromatic N) is 1. The average Bonchev–Trinajstić information content (AvgIpc) is 2.79. The highest BCUT2D eigenvalue weighted by Crippen LogP contribution is 2.39. The quantitative estimate of drug-likeness (QED) is 0.497. The van der Waals surface area contributed by atoms with Gasteiger partial charge in [0.15, 0.2) is 6.10 Å². The fourth-order valence-corrected chi connectivity index (χ4v) is 5.02. The van der Waals surface area contributed by atoms with Crippen LogP contribution in [0.25, 0.3) is 0 Å². The fraction of sp³-hybridized carbons (Fsp3) is 0.174. The Morgan fingerprint density at radius 3 is 2.37 bits per heavy atom. The Bertz CT molecular complexity index is 1350. The summed E-state index contributed by atoms with van der Waals surface area (Å²) < 4.78 is 74.5. The molecule has 3 aromatic carbocycles. The summed E-state index contributed by atoms with van der Waals surface area (Å²) in [6.07, 6.45) is -6.10. The number of hydrogen-bond donors (Lipinski definition) is 1. The zero-order chi connectivity index (χ0) is 25.4. The SMILES string of the molecule is Cc1ccc(S(=O)(=O)N2C[C@@H](C(=O)Nc3ccc(OC(F)(F)F)cc3)Oc3ccc(Cl)cc32)cc1. The van der Waals surface area contributed by atoms with E-state index in [-0.39, 0.29) is 33.6 Å². The summed E-state index contributed by atoms with van der Waals surface area (Å²) in [6.45, 7) is 1.47. The van der Waals surface area contributed by atoms with Crippen LogP contribution in [0.15, 0.2) is 71.6 Å². The first-order valence-electron chi connectivity index (χ1n) is 10.1. The lowest BCUT2D eigenvalue weighted by Crippen LogP contribution is -2.48. The van der Waals surface area contributed by atoms with Crippen LogP contribution < -0.4 is 19.1 Å². The van der Waals surface area contributed by atoms with Gasteiger partial charge in [-0.05, 0) is 61.5 Å². The van der Waals surface area contributed by atoms with Crippen molar-refractivity contribution in [1.29, 1.82) is 0 Å². The number of nitrogens with one attached hydrogen (secondary N) is 1. The van der Waals surface area contributed by atoms with Crippen molar-refractivity contribution in [2.75, 3.05) is 16.2 Å². The Hall–Kier alpha value is -3.44. The Morgan fingerprint density at radius 2 is 1.74 bits per heavy atom. The van der Waals surface area contributed by atoms with E-state index in [9.17, 15) is 26.4 Å². The molecule has 0 saturated carbocycles. The minimum Gasteiger partial charge on any atom is -0.476 e. The van der Waals surface area contributed by atoms with Crippen molar-refractivity contribution in [3.63, 3.8) is 0 Å². The van der Waals surface area contributed by atoms with Crippen molar-refractivity contribution < 1.29 is 35.9 Å². The number of amides is 1. The summed E-state index contributed by atoms with van der Waals surface area (Å²) in [5.41, 5.74) is 1.22. The first kappa shape index (κ1) is 24.7. The fourth-order valence-electron chi connectivity index (χ4n) is 3.39. The lowest BCUT2D eigenvalue weighted by molar-refractivity contribution is -0.274. The molecule has 0 bridgehead atoms. The van der Waals surface area contributed by atoms with Gasteiger partial charge in [-0.15, -0.1) is 13.2 Å². The van der Waals surface area contributed by atoms with Crippen molar-refractivity contribution in [1.82, 2.24) is 0 Å². The van der Waals surface area contributed by atoms with E-state index in [0.29, 0.717) is 0 Å². The van der Waals surface area contributed by atoms with Gasteiger partial charge in [-0.1, -0.05) is 29.3 Å². The molecule has 0 radical (unpaired) electrons. The first-order chi connectivity index (χ1) is 16.4. The van der Waals surface area contributed by atoms with E-state index in [0.717, 1.165) is 22.0 Å². The van der Waals surface area contributed by atoms with Crippen LogP contribution in [0.3, 0.4) is 0 Å². The number of halogens is 4. The molecule has 1 amide bonds. The van der Waals surface area contributed by atoms with Crippen LogP contribution >= 0.6 is 11.6 Å². The average molecular weight is 527 g/mol. The molecule has 0 aliphatic carbocycles. The van der Waals surface area contributed by atoms with Gasteiger partial charge in [0.05, 0.1) is 17.1 Å². The molecule has 1 aliphatic heterocycles. The van der Waals surface area contributed by atoms with Crippen LogP contribution in [0.5, 0.6) is 11.5 Å². The highest BCUT2D eigenvalue weighted by Gasteiger charge is 2.38. The van der Waals surface area contributed by atoms with Crippen molar-refractivity contribution >= 4 is 38.9 Å². The van der Waals surface area contributed by atoms with Crippen LogP contribution in [0.2, 0.25) is 5.02 Å². The predicted octanol–water partition coefficient (Wildman–Crippen LogP) is 5.14. The first-order valence-corrected chi connectivity index (χ1v) is 12.0. The lowest BCUT2D eigenvalue weighted by atomic mass is 10.2. The summed E-state index contributed by atoms with van der Waals surface area (Å²) in [5, 5.41) is 2.79. The topological polar surface area (TPSA) is 84.9 Å². The minimum absolute atomic E-state index is 0.0235. The zero-order valence-corrected chi connectivity index (χ0v) is 19.6. The van der Waals surface area contributed by atoms with E-state index in [1.807, 2.05) is 6.92 Å². The number of sulfonamides is 1. The summed E-state index contributed by atoms with van der Waals surface area (Å²) in [6, 6.07) is 15.1. The molecule has 0 fully saturated rings. The van der Waals surface area contributed by atoms with Crippen molar-refractivity contribution in [3.05, 3.63) is 77.3 Å². The smallest absolute Gasteiger partial charge is 0.476 e. The van der Waals surface area contributed by atoms with Gasteiger partial charge < -0.3 is 14.8 Å². The number of aryl methyl sites for hydroxylation is 1. The molecule has 4 rings (SSSR count). The Labute approximate surface area is 204 Å². The molecular formula is C23H18ClF3N2O5S. The molecule has 1 atom stereocenters. The molecule has 1 heterocycles. The second-order valence-corrected chi connectivity index (χ2v) is 9.93. The van der Waals surface area contributed by atoms with E-state index in [1.54, 1.807) is 12.1 Å². The Morgan fingerprint density at radius 1 is 1.09 bits per heavy atom. The number of carbonyl (C=O) groups is 1. The van der Waals surface area contributed by atoms with E-state index in [1.165, 1.54) is 42.5 Å². The van der Waals surface area contributed by atoms with Crippen LogP contribution in [-0.2, 0) is 14.8 Å². The van der Waals surface area contributed by atoms with Gasteiger partial charge in [0.1, 0.15) is 11.5 Å². The summed E-state index contributed by atoms with van der Waals surface area (Å²) in [4.78, 5) is 12.9. The molecular weight excluding hydrogens is 509 g/mol. The molecule has 12 heteroatoms. The number of hydrogen-bond acceptors (Lipinski definition) is 5. The van der Waals surface area contributed by atoms with Crippen molar-refractivity contribution in [3.8, 4) is 11.5 Å². The molecule has 0 aromatic heterocycles. The molecule has 35 heavy (non-hydrogen) atoms. The number of alkyl halides is 3. The van der Waals surface area contributed by atoms with E-state index in [2.05, 4.69) is 10.1 Å². The highest BCUT2D eigenvalue weighted by atomic mass is 35.5. The van der Waals surface area contributed by atoms with Gasteiger partial charge in [-0.25, -0.2) is 8.42 Å². The highest BCUT2D eigenvalue weighted by molar-refractivity contribution is 7.92. The van der Waals surface area contributed by atoms with Gasteiger partial charge >= 0.3 is 6.36 Å². The summed E-state index contributed by atoms with van der Waals surface area (Å²) in [5.74, 6) is -1.02. The monoisotopic (exact) mass is 526 g/mol. The Kier molecular flexibility index (Phi) is 6.56. The van der Waals surface area contributed by atoms with Crippen molar-refractivity contribution in [2.45, 2.75) is 24.3 Å². The predicted molar refractivity (Wildman–Crippen MR) is 123 cm³/mol. The molecule has 0 saturated heterocycles. The van der Waals surface area contributed by atoms with E-state index in [4.69, 9.17) is 16.3 Å². The molecule has 0 unspecified atom stereocenters. The third-order valence-corrected chi connectivity index (χ3v) is 7.08. The third-order valence-electron chi connectivity index (χ3n) is 5.05. The normalized spacial score (nSPS) is 15.7. The molecule has 1 N–H and O–H groups in total. The third kappa shape index (κ3) is 5.63. The maximum Gasteiger partial charge on any atom is 0.573 e. The summed E-state index contributed by atoms with van der Waals surface area (Å²) >= 11 is 6.08. The van der Waals surface area contributed by atoms with Gasteiger partial charge in [0.2, 0.25) is 0 Å². The standard InChI is InChI=1S/C23H18ClF3N2O5S/c1-14-2-9-18(10-3-14)35(31,32)29-13-21(33-20-11-4-15(24)12-19(20)29)22(30)28-16-5-7-17(8-6-16)34-23(25,26)27/h2-12,21H,13H2,1H3,(H,28,30)/t21-/m0/s1.